The van der Waals surface area contributed by atoms with Crippen LogP contribution in [0.2, 0.25) is 0 Å². The summed E-state index contributed by atoms with van der Waals surface area (Å²) in [5.41, 5.74) is 0.390. The number of nitrogens with zero attached hydrogens (tertiary/aromatic N) is 1. The molecule has 1 aliphatic heterocycles. The van der Waals surface area contributed by atoms with Crippen molar-refractivity contribution >= 4 is 44.2 Å². The van der Waals surface area contributed by atoms with Crippen LogP contribution in [0.1, 0.15) is 0 Å². The van der Waals surface area contributed by atoms with Crippen LogP contribution in [0.15, 0.2) is 29.2 Å². The molecule has 1 fully saturated rings. The summed E-state index contributed by atoms with van der Waals surface area (Å²) in [6, 6.07) is 6.41. The minimum absolute atomic E-state index is 0.0323. The lowest BCUT2D eigenvalue weighted by Crippen LogP contribution is -2.32. The number of nitrogens with two attached hydrogens (primary N) is 1. The fourth-order valence-corrected chi connectivity index (χ4v) is 3.55. The maximum atomic E-state index is 11.5. The van der Waals surface area contributed by atoms with Crippen LogP contribution in [0.3, 0.4) is 0 Å². The van der Waals surface area contributed by atoms with Crippen molar-refractivity contribution in [3.63, 3.8) is 0 Å². The molecule has 1 heterocycles. The van der Waals surface area contributed by atoms with Gasteiger partial charge in [-0.25, -0.2) is 17.9 Å². The highest BCUT2D eigenvalue weighted by Crippen LogP contribution is 2.22. The summed E-state index contributed by atoms with van der Waals surface area (Å²) in [5, 5.41) is 8.09. The largest absolute Gasteiger partial charge is 0.379 e. The van der Waals surface area contributed by atoms with E-state index in [4.69, 9.17) is 22.1 Å². The SMILES string of the molecule is NS(=O)(=O)c1ccccc1NC(=S)SN1CCOCC1. The van der Waals surface area contributed by atoms with Gasteiger partial charge < -0.3 is 10.1 Å². The Balaban J connectivity index is 2.04. The molecule has 9 heteroatoms. The molecule has 1 saturated heterocycles. The first-order valence-electron chi connectivity index (χ1n) is 5.90. The summed E-state index contributed by atoms with van der Waals surface area (Å²) >= 11 is 6.61. The van der Waals surface area contributed by atoms with Gasteiger partial charge >= 0.3 is 0 Å². The number of hydrogen-bond donors (Lipinski definition) is 2. The van der Waals surface area contributed by atoms with Gasteiger partial charge in [0.25, 0.3) is 0 Å². The molecule has 0 amide bonds. The zero-order valence-electron chi connectivity index (χ0n) is 10.6. The smallest absolute Gasteiger partial charge is 0.240 e. The molecule has 0 unspecified atom stereocenters. The summed E-state index contributed by atoms with van der Waals surface area (Å²) < 4.78 is 30.8. The molecule has 1 aliphatic rings. The second-order valence-electron chi connectivity index (χ2n) is 4.09. The summed E-state index contributed by atoms with van der Waals surface area (Å²) in [5.74, 6) is 0. The number of hydrogen-bond acceptors (Lipinski definition) is 6. The monoisotopic (exact) mass is 333 g/mol. The molecule has 3 N–H and O–H groups in total. The minimum atomic E-state index is -3.78. The summed E-state index contributed by atoms with van der Waals surface area (Å²) in [7, 11) is -3.78. The molecule has 0 saturated carbocycles. The number of morpholine rings is 1. The third kappa shape index (κ3) is 4.40. The van der Waals surface area contributed by atoms with Crippen molar-refractivity contribution in [2.75, 3.05) is 31.6 Å². The number of thiocarbonyl (C=S) groups is 1. The number of para-hydroxylation sites is 1. The van der Waals surface area contributed by atoms with Crippen LogP contribution in [-0.4, -0.2) is 43.3 Å². The van der Waals surface area contributed by atoms with Crippen LogP contribution in [0.25, 0.3) is 0 Å². The van der Waals surface area contributed by atoms with E-state index in [0.29, 0.717) is 23.2 Å². The molecule has 6 nitrogen and oxygen atoms in total. The maximum absolute atomic E-state index is 11.5. The van der Waals surface area contributed by atoms with Crippen LogP contribution in [0.4, 0.5) is 5.69 Å². The second-order valence-corrected chi connectivity index (χ2v) is 7.39. The Morgan fingerprint density at radius 3 is 2.65 bits per heavy atom. The van der Waals surface area contributed by atoms with E-state index in [2.05, 4.69) is 9.62 Å². The van der Waals surface area contributed by atoms with Crippen LogP contribution in [0, 0.1) is 0 Å². The molecule has 0 atom stereocenters. The van der Waals surface area contributed by atoms with E-state index in [1.165, 1.54) is 18.0 Å². The van der Waals surface area contributed by atoms with E-state index in [-0.39, 0.29) is 4.90 Å². The number of sulfonamides is 1. The van der Waals surface area contributed by atoms with Crippen LogP contribution in [-0.2, 0) is 14.8 Å². The van der Waals surface area contributed by atoms with Crippen molar-refractivity contribution in [3.8, 4) is 0 Å². The van der Waals surface area contributed by atoms with Gasteiger partial charge in [-0.05, 0) is 24.1 Å². The summed E-state index contributed by atoms with van der Waals surface area (Å²) in [6.07, 6.45) is 0. The molecule has 1 aromatic carbocycles. The summed E-state index contributed by atoms with van der Waals surface area (Å²) in [6.45, 7) is 2.90. The Labute approximate surface area is 127 Å². The number of primary sulfonamides is 1. The van der Waals surface area contributed by atoms with E-state index >= 15 is 0 Å². The predicted octanol–water partition coefficient (Wildman–Crippen LogP) is 1.01. The van der Waals surface area contributed by atoms with Crippen molar-refractivity contribution in [2.24, 2.45) is 5.14 Å². The van der Waals surface area contributed by atoms with Gasteiger partial charge in [0.05, 0.1) is 18.9 Å². The first-order chi connectivity index (χ1) is 9.47. The van der Waals surface area contributed by atoms with Gasteiger partial charge in [-0.15, -0.1) is 0 Å². The quantitative estimate of drug-likeness (QED) is 0.631. The third-order valence-electron chi connectivity index (χ3n) is 2.61. The number of rotatable bonds is 3. The van der Waals surface area contributed by atoms with E-state index in [1.807, 2.05) is 0 Å². The van der Waals surface area contributed by atoms with Gasteiger partial charge in [-0.2, -0.15) is 0 Å². The Kier molecular flexibility index (Phi) is 5.35. The van der Waals surface area contributed by atoms with Gasteiger partial charge in [-0.3, -0.25) is 0 Å². The Morgan fingerprint density at radius 1 is 1.35 bits per heavy atom. The zero-order chi connectivity index (χ0) is 14.6. The van der Waals surface area contributed by atoms with Crippen molar-refractivity contribution < 1.29 is 13.2 Å². The standard InChI is InChI=1S/C11H15N3O3S3/c12-20(15,16)10-4-2-1-3-9(10)13-11(18)19-14-5-7-17-8-6-14/h1-4H,5-8H2,(H,13,18)(H2,12,15,16). The number of anilines is 1. The first kappa shape index (κ1) is 15.7. The molecule has 0 spiro atoms. The molecule has 20 heavy (non-hydrogen) atoms. The lowest BCUT2D eigenvalue weighted by Gasteiger charge is -2.25. The third-order valence-corrected chi connectivity index (χ3v) is 4.80. The first-order valence-corrected chi connectivity index (χ1v) is 8.63. The number of nitrogens with one attached hydrogen (secondary N) is 1. The molecule has 2 rings (SSSR count). The van der Waals surface area contributed by atoms with Gasteiger partial charge in [-0.1, -0.05) is 24.4 Å². The molecular formula is C11H15N3O3S3. The number of ether oxygens (including phenoxy) is 1. The zero-order valence-corrected chi connectivity index (χ0v) is 13.1. The van der Waals surface area contributed by atoms with Crippen LogP contribution < -0.4 is 10.5 Å². The average molecular weight is 333 g/mol. The van der Waals surface area contributed by atoms with Crippen molar-refractivity contribution in [2.45, 2.75) is 4.90 Å². The number of benzene rings is 1. The van der Waals surface area contributed by atoms with Crippen LogP contribution >= 0.6 is 24.2 Å². The van der Waals surface area contributed by atoms with E-state index < -0.39 is 10.0 Å². The molecule has 110 valence electrons. The Bertz CT molecular complexity index is 586. The highest BCUT2D eigenvalue weighted by atomic mass is 32.2. The fourth-order valence-electron chi connectivity index (χ4n) is 1.71. The fraction of sp³-hybridized carbons (Fsp3) is 0.364. The molecule has 0 aromatic heterocycles. The highest BCUT2D eigenvalue weighted by molar-refractivity contribution is 8.21. The Morgan fingerprint density at radius 2 is 2.00 bits per heavy atom. The average Bonchev–Trinajstić information content (AvgIpc) is 2.39. The van der Waals surface area contributed by atoms with Crippen molar-refractivity contribution in [3.05, 3.63) is 24.3 Å². The van der Waals surface area contributed by atoms with Crippen molar-refractivity contribution in [1.82, 2.24) is 4.31 Å². The maximum Gasteiger partial charge on any atom is 0.240 e. The van der Waals surface area contributed by atoms with Gasteiger partial charge in [0.2, 0.25) is 10.0 Å². The predicted molar refractivity (Wildman–Crippen MR) is 84.0 cm³/mol. The second kappa shape index (κ2) is 6.83. The normalized spacial score (nSPS) is 16.9. The van der Waals surface area contributed by atoms with Crippen molar-refractivity contribution in [1.29, 1.82) is 0 Å². The lowest BCUT2D eigenvalue weighted by atomic mass is 10.3. The molecule has 0 aliphatic carbocycles. The highest BCUT2D eigenvalue weighted by Gasteiger charge is 2.17. The molecule has 0 radical (unpaired) electrons. The Hall–Kier alpha value is -0.710. The minimum Gasteiger partial charge on any atom is -0.379 e. The van der Waals surface area contributed by atoms with Gasteiger partial charge in [0, 0.05) is 13.1 Å². The van der Waals surface area contributed by atoms with Gasteiger partial charge in [0.15, 0.2) is 4.32 Å². The van der Waals surface area contributed by atoms with Crippen LogP contribution in [0.5, 0.6) is 0 Å². The van der Waals surface area contributed by atoms with E-state index in [9.17, 15) is 8.42 Å². The van der Waals surface area contributed by atoms with E-state index in [0.717, 1.165) is 13.1 Å². The summed E-state index contributed by atoms with van der Waals surface area (Å²) in [4.78, 5) is 0.0323. The molecule has 1 aromatic rings. The van der Waals surface area contributed by atoms with Gasteiger partial charge in [0.1, 0.15) is 4.90 Å². The molecular weight excluding hydrogens is 318 g/mol. The lowest BCUT2D eigenvalue weighted by molar-refractivity contribution is 0.0778. The topological polar surface area (TPSA) is 84.7 Å². The van der Waals surface area contributed by atoms with E-state index in [1.54, 1.807) is 18.2 Å². The molecule has 0 bridgehead atoms.